The van der Waals surface area contributed by atoms with E-state index < -0.39 is 11.2 Å². The summed E-state index contributed by atoms with van der Waals surface area (Å²) in [4.78, 5) is 51.7. The van der Waals surface area contributed by atoms with Crippen LogP contribution in [0, 0.1) is 0 Å². The second kappa shape index (κ2) is 10.9. The largest absolute Gasteiger partial charge is 0.383 e. The fraction of sp³-hybridized carbons (Fsp3) is 0.583. The minimum atomic E-state index is -0.588. The number of anilines is 3. The van der Waals surface area contributed by atoms with Gasteiger partial charge < -0.3 is 15.5 Å². The number of aromatic nitrogens is 3. The second-order valence-electron chi connectivity index (χ2n) is 9.15. The average molecular weight is 470 g/mol. The van der Waals surface area contributed by atoms with Gasteiger partial charge in [-0.15, -0.1) is 0 Å². The maximum absolute atomic E-state index is 13.6. The highest BCUT2D eigenvalue weighted by atomic mass is 16.2. The van der Waals surface area contributed by atoms with Crippen molar-refractivity contribution in [2.45, 2.75) is 58.0 Å². The summed E-state index contributed by atoms with van der Waals surface area (Å²) in [6.45, 7) is 5.64. The molecule has 2 aromatic rings. The zero-order chi connectivity index (χ0) is 24.1. The number of aromatic amines is 1. The van der Waals surface area contributed by atoms with Gasteiger partial charge in [-0.25, -0.2) is 9.78 Å². The monoisotopic (exact) mass is 469 g/mol. The van der Waals surface area contributed by atoms with Gasteiger partial charge in [-0.2, -0.15) is 0 Å². The number of carbonyl (C=O) groups excluding carboxylic acids is 1. The first-order chi connectivity index (χ1) is 16.5. The van der Waals surface area contributed by atoms with Gasteiger partial charge in [0, 0.05) is 45.0 Å². The molecule has 1 saturated heterocycles. The van der Waals surface area contributed by atoms with Gasteiger partial charge in [0.25, 0.3) is 5.56 Å². The number of hydrogen-bond donors (Lipinski definition) is 2. The molecule has 0 aromatic carbocycles. The van der Waals surface area contributed by atoms with E-state index >= 15 is 0 Å². The Kier molecular flexibility index (Phi) is 7.66. The van der Waals surface area contributed by atoms with Gasteiger partial charge in [-0.3, -0.25) is 24.0 Å². The van der Waals surface area contributed by atoms with Gasteiger partial charge >= 0.3 is 5.69 Å². The number of amides is 1. The van der Waals surface area contributed by atoms with Crippen LogP contribution in [-0.2, 0) is 11.3 Å². The van der Waals surface area contributed by atoms with E-state index in [0.29, 0.717) is 6.54 Å². The van der Waals surface area contributed by atoms with Crippen LogP contribution >= 0.6 is 0 Å². The van der Waals surface area contributed by atoms with Gasteiger partial charge in [0.1, 0.15) is 11.6 Å². The van der Waals surface area contributed by atoms with E-state index in [0.717, 1.165) is 70.5 Å². The Bertz CT molecular complexity index is 1080. The number of H-pyrrole nitrogens is 1. The lowest BCUT2D eigenvalue weighted by Gasteiger charge is -2.37. The van der Waals surface area contributed by atoms with Crippen LogP contribution in [0.4, 0.5) is 17.3 Å². The standard InChI is InChI=1S/C24H35N7O3/c1-2-3-12-30-22(25)21(23(33)27-24(30)34)31(18-8-4-5-9-18)20(32)17-28-13-15-29(16-14-28)19-10-6-7-11-26-19/h6-7,10-11,18H,2-5,8-9,12-17,25H2,1H3,(H,27,33,34). The highest BCUT2D eigenvalue weighted by Gasteiger charge is 2.33. The summed E-state index contributed by atoms with van der Waals surface area (Å²) in [5.41, 5.74) is 5.38. The Hall–Kier alpha value is -3.14. The van der Waals surface area contributed by atoms with E-state index in [-0.39, 0.29) is 30.0 Å². The predicted molar refractivity (Wildman–Crippen MR) is 133 cm³/mol. The molecule has 1 saturated carbocycles. The fourth-order valence-corrected chi connectivity index (χ4v) is 4.97. The van der Waals surface area contributed by atoms with Crippen molar-refractivity contribution >= 4 is 23.2 Å². The van der Waals surface area contributed by atoms with Crippen molar-refractivity contribution in [2.75, 3.05) is 48.3 Å². The predicted octanol–water partition coefficient (Wildman–Crippen LogP) is 1.41. The molecule has 0 radical (unpaired) electrons. The number of nitrogens with one attached hydrogen (secondary N) is 1. The smallest absolute Gasteiger partial charge is 0.330 e. The molecule has 4 rings (SSSR count). The number of nitrogens with two attached hydrogens (primary N) is 1. The van der Waals surface area contributed by atoms with E-state index in [1.54, 1.807) is 11.1 Å². The first-order valence-electron chi connectivity index (χ1n) is 12.3. The lowest BCUT2D eigenvalue weighted by molar-refractivity contribution is -0.120. The van der Waals surface area contributed by atoms with Crippen molar-refractivity contribution in [3.8, 4) is 0 Å². The Balaban J connectivity index is 1.54. The second-order valence-corrected chi connectivity index (χ2v) is 9.15. The summed E-state index contributed by atoms with van der Waals surface area (Å²) in [5.74, 6) is 0.883. The van der Waals surface area contributed by atoms with Crippen LogP contribution in [0.15, 0.2) is 34.0 Å². The lowest BCUT2D eigenvalue weighted by atomic mass is 10.1. The lowest BCUT2D eigenvalue weighted by Crippen LogP contribution is -2.53. The Morgan fingerprint density at radius 3 is 2.56 bits per heavy atom. The van der Waals surface area contributed by atoms with Gasteiger partial charge in [0.2, 0.25) is 5.91 Å². The van der Waals surface area contributed by atoms with Gasteiger partial charge in [-0.05, 0) is 31.4 Å². The molecule has 0 spiro atoms. The SMILES string of the molecule is CCCCn1c(N)c(N(C(=O)CN2CCN(c3ccccn3)CC2)C2CCCC2)c(=O)[nH]c1=O. The summed E-state index contributed by atoms with van der Waals surface area (Å²) < 4.78 is 1.39. The molecule has 2 fully saturated rings. The van der Waals surface area contributed by atoms with Gasteiger partial charge in [-0.1, -0.05) is 32.3 Å². The number of unbranched alkanes of at least 4 members (excludes halogenated alkanes) is 1. The molecule has 2 aromatic heterocycles. The van der Waals surface area contributed by atoms with Crippen molar-refractivity contribution in [1.29, 1.82) is 0 Å². The van der Waals surface area contributed by atoms with Crippen LogP contribution < -0.4 is 26.8 Å². The summed E-state index contributed by atoms with van der Waals surface area (Å²) >= 11 is 0. The molecule has 0 unspecified atom stereocenters. The van der Waals surface area contributed by atoms with Crippen LogP contribution in [0.3, 0.4) is 0 Å². The first kappa shape index (κ1) is 24.0. The number of carbonyl (C=O) groups is 1. The normalized spacial score (nSPS) is 17.3. The maximum atomic E-state index is 13.6. The number of pyridine rings is 1. The molecule has 10 heteroatoms. The maximum Gasteiger partial charge on any atom is 0.330 e. The van der Waals surface area contributed by atoms with Crippen LogP contribution in [-0.4, -0.2) is 64.1 Å². The van der Waals surface area contributed by atoms with E-state index in [1.807, 2.05) is 25.1 Å². The quantitative estimate of drug-likeness (QED) is 0.600. The third kappa shape index (κ3) is 5.16. The topological polar surface area (TPSA) is 121 Å². The van der Waals surface area contributed by atoms with Crippen LogP contribution in [0.2, 0.25) is 0 Å². The molecular formula is C24H35N7O3. The molecule has 1 aliphatic heterocycles. The van der Waals surface area contributed by atoms with Gasteiger partial charge in [0.05, 0.1) is 6.54 Å². The van der Waals surface area contributed by atoms with Crippen molar-refractivity contribution in [2.24, 2.45) is 0 Å². The molecular weight excluding hydrogens is 434 g/mol. The highest BCUT2D eigenvalue weighted by molar-refractivity contribution is 5.97. The first-order valence-corrected chi connectivity index (χ1v) is 12.3. The number of nitrogens with zero attached hydrogens (tertiary/aromatic N) is 5. The molecule has 2 aliphatic rings. The molecule has 184 valence electrons. The van der Waals surface area contributed by atoms with Gasteiger partial charge in [0.15, 0.2) is 5.69 Å². The van der Waals surface area contributed by atoms with E-state index in [1.165, 1.54) is 4.57 Å². The van der Waals surface area contributed by atoms with Crippen LogP contribution in [0.5, 0.6) is 0 Å². The zero-order valence-corrected chi connectivity index (χ0v) is 19.9. The average Bonchev–Trinajstić information content (AvgIpc) is 3.37. The van der Waals surface area contributed by atoms with Crippen molar-refractivity contribution in [3.63, 3.8) is 0 Å². The minimum Gasteiger partial charge on any atom is -0.383 e. The summed E-state index contributed by atoms with van der Waals surface area (Å²) in [6, 6.07) is 5.78. The third-order valence-corrected chi connectivity index (χ3v) is 6.85. The molecule has 3 N–H and O–H groups in total. The summed E-state index contributed by atoms with van der Waals surface area (Å²) in [7, 11) is 0. The number of piperazine rings is 1. The third-order valence-electron chi connectivity index (χ3n) is 6.85. The van der Waals surface area contributed by atoms with Crippen LogP contribution in [0.25, 0.3) is 0 Å². The van der Waals surface area contributed by atoms with Crippen molar-refractivity contribution < 1.29 is 4.79 Å². The number of rotatable bonds is 8. The molecule has 0 atom stereocenters. The van der Waals surface area contributed by atoms with Crippen molar-refractivity contribution in [1.82, 2.24) is 19.4 Å². The fourth-order valence-electron chi connectivity index (χ4n) is 4.97. The van der Waals surface area contributed by atoms with Crippen molar-refractivity contribution in [3.05, 3.63) is 45.2 Å². The molecule has 10 nitrogen and oxygen atoms in total. The van der Waals surface area contributed by atoms with E-state index in [2.05, 4.69) is 19.8 Å². The minimum absolute atomic E-state index is 0.0807. The summed E-state index contributed by atoms with van der Waals surface area (Å²) in [5, 5.41) is 0. The zero-order valence-electron chi connectivity index (χ0n) is 19.9. The van der Waals surface area contributed by atoms with Crippen LogP contribution in [0.1, 0.15) is 45.4 Å². The summed E-state index contributed by atoms with van der Waals surface area (Å²) in [6.07, 6.45) is 7.09. The van der Waals surface area contributed by atoms with E-state index in [9.17, 15) is 14.4 Å². The number of nitrogen functional groups attached to an aromatic ring is 1. The van der Waals surface area contributed by atoms with E-state index in [4.69, 9.17) is 5.73 Å². The molecule has 1 aliphatic carbocycles. The Morgan fingerprint density at radius 1 is 1.18 bits per heavy atom. The Labute approximate surface area is 199 Å². The molecule has 0 bridgehead atoms. The Morgan fingerprint density at radius 2 is 1.91 bits per heavy atom. The molecule has 34 heavy (non-hydrogen) atoms. The highest BCUT2D eigenvalue weighted by Crippen LogP contribution is 2.29. The number of hydrogen-bond acceptors (Lipinski definition) is 7. The molecule has 1 amide bonds. The molecule has 3 heterocycles.